The summed E-state index contributed by atoms with van der Waals surface area (Å²) in [4.78, 5) is 8.27. The molecular weight excluding hydrogens is 182 g/mol. The number of nitrogens with two attached hydrogens (primary N) is 1. The Bertz CT molecular complexity index is 385. The molecule has 0 amide bonds. The Morgan fingerprint density at radius 1 is 1.36 bits per heavy atom. The molecule has 2 heterocycles. The van der Waals surface area contributed by atoms with Crippen molar-refractivity contribution in [3.8, 4) is 0 Å². The second-order valence-electron chi connectivity index (χ2n) is 2.89. The third kappa shape index (κ3) is 1.03. The van der Waals surface area contributed by atoms with Crippen molar-refractivity contribution >= 4 is 5.84 Å². The molecule has 1 aromatic heterocycles. The minimum Gasteiger partial charge on any atom is -0.383 e. The van der Waals surface area contributed by atoms with Gasteiger partial charge in [-0.1, -0.05) is 0 Å². The van der Waals surface area contributed by atoms with Gasteiger partial charge in [0.05, 0.1) is 0 Å². The summed E-state index contributed by atoms with van der Waals surface area (Å²) >= 11 is 0. The topological polar surface area (TPSA) is 69.7 Å². The van der Waals surface area contributed by atoms with Crippen LogP contribution in [0.1, 0.15) is 11.3 Å². The Balaban J connectivity index is 2.61. The zero-order valence-corrected chi connectivity index (χ0v) is 8.02. The van der Waals surface area contributed by atoms with E-state index in [2.05, 4.69) is 9.98 Å². The average Bonchev–Trinajstić information content (AvgIpc) is 2.53. The van der Waals surface area contributed by atoms with Crippen molar-refractivity contribution in [2.24, 2.45) is 10.7 Å². The Labute approximate surface area is 81.6 Å². The Hall–Kier alpha value is -1.46. The van der Waals surface area contributed by atoms with Crippen LogP contribution in [0.5, 0.6) is 0 Å². The molecule has 0 spiro atoms. The first kappa shape index (κ1) is 9.11. The second-order valence-corrected chi connectivity index (χ2v) is 2.89. The molecule has 1 aliphatic rings. The third-order valence-electron chi connectivity index (χ3n) is 2.20. The quantitative estimate of drug-likeness (QED) is 0.681. The number of hydrogen-bond acceptors (Lipinski definition) is 5. The lowest BCUT2D eigenvalue weighted by molar-refractivity contribution is -0.209. The highest BCUT2D eigenvalue weighted by Crippen LogP contribution is 2.33. The van der Waals surface area contributed by atoms with Crippen LogP contribution in [0.3, 0.4) is 0 Å². The zero-order chi connectivity index (χ0) is 10.2. The molecule has 0 saturated heterocycles. The van der Waals surface area contributed by atoms with Crippen LogP contribution in [-0.2, 0) is 15.4 Å². The zero-order valence-electron chi connectivity index (χ0n) is 8.02. The van der Waals surface area contributed by atoms with Crippen molar-refractivity contribution < 1.29 is 9.47 Å². The van der Waals surface area contributed by atoms with Crippen LogP contribution in [0, 0.1) is 0 Å². The second kappa shape index (κ2) is 3.04. The number of methoxy groups -OCH3 is 2. The van der Waals surface area contributed by atoms with E-state index in [0.29, 0.717) is 11.5 Å². The smallest absolute Gasteiger partial charge is 0.317 e. The van der Waals surface area contributed by atoms with E-state index >= 15 is 0 Å². The maximum atomic E-state index is 5.72. The van der Waals surface area contributed by atoms with Gasteiger partial charge in [0, 0.05) is 26.0 Å². The summed E-state index contributed by atoms with van der Waals surface area (Å²) in [6.45, 7) is 0. The molecule has 0 bridgehead atoms. The van der Waals surface area contributed by atoms with E-state index in [1.807, 2.05) is 6.07 Å². The van der Waals surface area contributed by atoms with Gasteiger partial charge in [0.25, 0.3) is 0 Å². The monoisotopic (exact) mass is 193 g/mol. The van der Waals surface area contributed by atoms with Crippen molar-refractivity contribution in [3.05, 3.63) is 29.6 Å². The number of aliphatic imine (C=N–C) groups is 1. The van der Waals surface area contributed by atoms with Crippen LogP contribution in [0.25, 0.3) is 0 Å². The van der Waals surface area contributed by atoms with Gasteiger partial charge in [0.2, 0.25) is 0 Å². The molecule has 0 atom stereocenters. The lowest BCUT2D eigenvalue weighted by atomic mass is 10.2. The van der Waals surface area contributed by atoms with Crippen LogP contribution < -0.4 is 5.73 Å². The molecule has 0 aliphatic carbocycles. The van der Waals surface area contributed by atoms with E-state index in [1.165, 1.54) is 14.2 Å². The minimum absolute atomic E-state index is 0.386. The molecule has 5 nitrogen and oxygen atoms in total. The number of rotatable bonds is 2. The number of ether oxygens (including phenoxy) is 2. The molecule has 2 N–H and O–H groups in total. The summed E-state index contributed by atoms with van der Waals surface area (Å²) < 4.78 is 10.4. The number of nitrogens with zero attached hydrogens (tertiary/aromatic N) is 2. The molecule has 14 heavy (non-hydrogen) atoms. The van der Waals surface area contributed by atoms with Gasteiger partial charge in [0.15, 0.2) is 0 Å². The van der Waals surface area contributed by atoms with Gasteiger partial charge in [-0.05, 0) is 12.1 Å². The summed E-state index contributed by atoms with van der Waals surface area (Å²) in [6.07, 6.45) is 1.65. The van der Waals surface area contributed by atoms with E-state index < -0.39 is 5.91 Å². The molecule has 0 saturated carbocycles. The van der Waals surface area contributed by atoms with Gasteiger partial charge in [-0.3, -0.25) is 4.98 Å². The van der Waals surface area contributed by atoms with Gasteiger partial charge >= 0.3 is 5.91 Å². The Morgan fingerprint density at radius 2 is 2.07 bits per heavy atom. The maximum Gasteiger partial charge on any atom is 0.317 e. The van der Waals surface area contributed by atoms with E-state index in [9.17, 15) is 0 Å². The maximum absolute atomic E-state index is 5.72. The van der Waals surface area contributed by atoms with Crippen molar-refractivity contribution in [1.82, 2.24) is 4.98 Å². The number of amidine groups is 1. The molecule has 2 rings (SSSR count). The van der Waals surface area contributed by atoms with E-state index in [0.717, 1.165) is 5.56 Å². The molecule has 0 unspecified atom stereocenters. The van der Waals surface area contributed by atoms with Crippen molar-refractivity contribution in [2.75, 3.05) is 14.2 Å². The molecule has 0 radical (unpaired) electrons. The molecule has 74 valence electrons. The predicted octanol–water partition coefficient (Wildman–Crippen LogP) is 0.204. The van der Waals surface area contributed by atoms with Crippen molar-refractivity contribution in [1.29, 1.82) is 0 Å². The molecule has 1 aliphatic heterocycles. The molecule has 0 aromatic carbocycles. The Kier molecular flexibility index (Phi) is 1.98. The van der Waals surface area contributed by atoms with E-state index in [4.69, 9.17) is 15.2 Å². The lowest BCUT2D eigenvalue weighted by Crippen LogP contribution is -2.27. The van der Waals surface area contributed by atoms with Gasteiger partial charge < -0.3 is 15.2 Å². The van der Waals surface area contributed by atoms with Gasteiger partial charge in [-0.15, -0.1) is 0 Å². The SMILES string of the molecule is COC1(OC)N=C(N)c2cccnc21. The number of hydrogen-bond donors (Lipinski definition) is 1. The highest BCUT2D eigenvalue weighted by atomic mass is 16.7. The van der Waals surface area contributed by atoms with E-state index in [-0.39, 0.29) is 0 Å². The first-order valence-electron chi connectivity index (χ1n) is 4.15. The average molecular weight is 193 g/mol. The number of aromatic nitrogens is 1. The number of fused-ring (bicyclic) bond motifs is 1. The largest absolute Gasteiger partial charge is 0.383 e. The van der Waals surface area contributed by atoms with Crippen LogP contribution in [-0.4, -0.2) is 25.0 Å². The van der Waals surface area contributed by atoms with Crippen molar-refractivity contribution in [2.45, 2.75) is 5.91 Å². The van der Waals surface area contributed by atoms with Crippen LogP contribution >= 0.6 is 0 Å². The first-order chi connectivity index (χ1) is 6.73. The predicted molar refractivity (Wildman–Crippen MR) is 50.7 cm³/mol. The molecule has 1 aromatic rings. The fourth-order valence-electron chi connectivity index (χ4n) is 1.50. The number of pyridine rings is 1. The van der Waals surface area contributed by atoms with Crippen molar-refractivity contribution in [3.63, 3.8) is 0 Å². The molecule has 0 fully saturated rings. The van der Waals surface area contributed by atoms with Crippen LogP contribution in [0.4, 0.5) is 0 Å². The molecule has 5 heteroatoms. The highest BCUT2D eigenvalue weighted by Gasteiger charge is 2.41. The summed E-state index contributed by atoms with van der Waals surface area (Å²) in [6, 6.07) is 3.63. The van der Waals surface area contributed by atoms with Gasteiger partial charge in [-0.25, -0.2) is 4.99 Å². The summed E-state index contributed by atoms with van der Waals surface area (Å²) in [5.74, 6) is -0.780. The Morgan fingerprint density at radius 3 is 2.71 bits per heavy atom. The molecular formula is C9H11N3O2. The van der Waals surface area contributed by atoms with Crippen LogP contribution in [0.2, 0.25) is 0 Å². The normalized spacial score (nSPS) is 17.7. The van der Waals surface area contributed by atoms with Gasteiger partial charge in [0.1, 0.15) is 11.5 Å². The highest BCUT2D eigenvalue weighted by molar-refractivity contribution is 6.01. The fraction of sp³-hybridized carbons (Fsp3) is 0.333. The standard InChI is InChI=1S/C9H11N3O2/c1-13-9(14-2)7-6(8(10)12-9)4-3-5-11-7/h3-5H,1-2H3,(H2,10,12). The van der Waals surface area contributed by atoms with Gasteiger partial charge in [-0.2, -0.15) is 0 Å². The lowest BCUT2D eigenvalue weighted by Gasteiger charge is -2.21. The first-order valence-corrected chi connectivity index (χ1v) is 4.15. The van der Waals surface area contributed by atoms with E-state index in [1.54, 1.807) is 12.3 Å². The minimum atomic E-state index is -1.17. The summed E-state index contributed by atoms with van der Waals surface area (Å²) in [5.41, 5.74) is 7.08. The fourth-order valence-corrected chi connectivity index (χ4v) is 1.50. The summed E-state index contributed by atoms with van der Waals surface area (Å²) in [5, 5.41) is 0. The third-order valence-corrected chi connectivity index (χ3v) is 2.20. The summed E-state index contributed by atoms with van der Waals surface area (Å²) in [7, 11) is 3.01. The van der Waals surface area contributed by atoms with Crippen LogP contribution in [0.15, 0.2) is 23.3 Å².